The Kier molecular flexibility index (Phi) is 6.92. The van der Waals surface area contributed by atoms with Crippen molar-refractivity contribution in [2.75, 3.05) is 4.90 Å². The lowest BCUT2D eigenvalue weighted by Gasteiger charge is -2.31. The fraction of sp³-hybridized carbons (Fsp3) is 0.111. The molecule has 0 N–H and O–H groups in total. The quantitative estimate of drug-likeness (QED) is 0.308. The van der Waals surface area contributed by atoms with Crippen molar-refractivity contribution in [2.24, 2.45) is 0 Å². The molecular formula is C27H22F3N3O. The highest BCUT2D eigenvalue weighted by Crippen LogP contribution is 2.38. The van der Waals surface area contributed by atoms with E-state index in [9.17, 15) is 18.0 Å². The Morgan fingerprint density at radius 1 is 0.706 bits per heavy atom. The summed E-state index contributed by atoms with van der Waals surface area (Å²) in [5.74, 6) is -0.461. The van der Waals surface area contributed by atoms with Crippen molar-refractivity contribution >= 4 is 17.5 Å². The lowest BCUT2D eigenvalue weighted by molar-refractivity contribution is -0.137. The summed E-state index contributed by atoms with van der Waals surface area (Å²) in [6, 6.07) is 28.5. The van der Waals surface area contributed by atoms with Crippen molar-refractivity contribution in [1.82, 2.24) is 9.88 Å². The van der Waals surface area contributed by atoms with Gasteiger partial charge in [-0.25, -0.2) is 14.7 Å². The lowest BCUT2D eigenvalue weighted by Crippen LogP contribution is -2.41. The number of hydrogen-bond acceptors (Lipinski definition) is 2. The van der Waals surface area contributed by atoms with Gasteiger partial charge in [0.05, 0.1) is 11.3 Å². The summed E-state index contributed by atoms with van der Waals surface area (Å²) < 4.78 is 41.7. The molecule has 7 heteroatoms. The van der Waals surface area contributed by atoms with E-state index in [0.29, 0.717) is 5.69 Å². The second kappa shape index (κ2) is 10.2. The summed E-state index contributed by atoms with van der Waals surface area (Å²) >= 11 is 0. The molecule has 1 aromatic heterocycles. The average molecular weight is 461 g/mol. The number of amides is 2. The average Bonchev–Trinajstić information content (AvgIpc) is 2.85. The van der Waals surface area contributed by atoms with E-state index in [1.807, 2.05) is 60.7 Å². The van der Waals surface area contributed by atoms with Crippen molar-refractivity contribution in [3.8, 4) is 0 Å². The van der Waals surface area contributed by atoms with Crippen LogP contribution in [-0.4, -0.2) is 15.9 Å². The Labute approximate surface area is 195 Å². The van der Waals surface area contributed by atoms with Gasteiger partial charge in [-0.1, -0.05) is 78.9 Å². The third-order valence-electron chi connectivity index (χ3n) is 5.21. The van der Waals surface area contributed by atoms with Gasteiger partial charge in [-0.2, -0.15) is 13.2 Å². The van der Waals surface area contributed by atoms with Crippen LogP contribution in [0.25, 0.3) is 0 Å². The molecule has 0 spiro atoms. The van der Waals surface area contributed by atoms with Crippen molar-refractivity contribution < 1.29 is 18.0 Å². The van der Waals surface area contributed by atoms with E-state index >= 15 is 0 Å². The highest BCUT2D eigenvalue weighted by molar-refractivity contribution is 5.99. The van der Waals surface area contributed by atoms with Crippen LogP contribution in [-0.2, 0) is 19.3 Å². The number of pyridine rings is 1. The number of carbonyl (C=O) groups excluding carboxylic acids is 1. The molecular weight excluding hydrogens is 439 g/mol. The fourth-order valence-corrected chi connectivity index (χ4v) is 3.64. The Balaban J connectivity index is 1.81. The summed E-state index contributed by atoms with van der Waals surface area (Å²) in [5, 5.41) is 0. The molecule has 0 aliphatic heterocycles. The van der Waals surface area contributed by atoms with E-state index in [-0.39, 0.29) is 13.1 Å². The maximum absolute atomic E-state index is 14.0. The number of hydrogen-bond donors (Lipinski definition) is 0. The number of carbonyl (C=O) groups is 1. The molecule has 0 bridgehead atoms. The van der Waals surface area contributed by atoms with E-state index in [4.69, 9.17) is 0 Å². The molecule has 0 saturated carbocycles. The third-order valence-corrected chi connectivity index (χ3v) is 5.21. The molecule has 0 radical (unpaired) electrons. The van der Waals surface area contributed by atoms with Crippen LogP contribution in [0.5, 0.6) is 0 Å². The van der Waals surface area contributed by atoms with Crippen molar-refractivity contribution in [1.29, 1.82) is 0 Å². The van der Waals surface area contributed by atoms with Gasteiger partial charge < -0.3 is 4.90 Å². The van der Waals surface area contributed by atoms with Gasteiger partial charge in [0.2, 0.25) is 0 Å². The summed E-state index contributed by atoms with van der Waals surface area (Å²) in [7, 11) is 0. The Morgan fingerprint density at radius 2 is 1.21 bits per heavy atom. The van der Waals surface area contributed by atoms with Crippen LogP contribution in [0.4, 0.5) is 29.5 Å². The number of urea groups is 1. The van der Waals surface area contributed by atoms with Crippen LogP contribution < -0.4 is 4.90 Å². The van der Waals surface area contributed by atoms with Crippen LogP contribution in [0.2, 0.25) is 0 Å². The molecule has 0 unspecified atom stereocenters. The molecule has 4 nitrogen and oxygen atoms in total. The second-order valence-electron chi connectivity index (χ2n) is 7.65. The van der Waals surface area contributed by atoms with Gasteiger partial charge in [-0.15, -0.1) is 0 Å². The van der Waals surface area contributed by atoms with Crippen LogP contribution in [0.1, 0.15) is 16.7 Å². The minimum Gasteiger partial charge on any atom is -0.315 e. The van der Waals surface area contributed by atoms with E-state index < -0.39 is 23.6 Å². The zero-order valence-corrected chi connectivity index (χ0v) is 18.2. The molecule has 172 valence electrons. The van der Waals surface area contributed by atoms with Crippen LogP contribution in [0, 0.1) is 0 Å². The molecule has 4 rings (SSSR count). The van der Waals surface area contributed by atoms with E-state index in [1.165, 1.54) is 17.2 Å². The standard InChI is InChI=1S/C27H22F3N3O/c28-27(29,30)24-17-10-18-31-25(24)33(23-15-8-3-9-16-23)26(34)32(19-21-11-4-1-5-12-21)20-22-13-6-2-7-14-22/h1-18H,19-20H2. The predicted molar refractivity (Wildman–Crippen MR) is 125 cm³/mol. The number of aromatic nitrogens is 1. The molecule has 0 atom stereocenters. The number of anilines is 2. The maximum Gasteiger partial charge on any atom is 0.419 e. The highest BCUT2D eigenvalue weighted by atomic mass is 19.4. The van der Waals surface area contributed by atoms with Gasteiger partial charge in [0.25, 0.3) is 0 Å². The van der Waals surface area contributed by atoms with Gasteiger partial charge in [-0.05, 0) is 35.4 Å². The monoisotopic (exact) mass is 461 g/mol. The predicted octanol–water partition coefficient (Wildman–Crippen LogP) is 7.06. The van der Waals surface area contributed by atoms with Crippen molar-refractivity contribution in [3.63, 3.8) is 0 Å². The number of alkyl halides is 3. The first-order valence-electron chi connectivity index (χ1n) is 10.7. The molecule has 34 heavy (non-hydrogen) atoms. The summed E-state index contributed by atoms with van der Waals surface area (Å²) in [6.45, 7) is 0.429. The highest BCUT2D eigenvalue weighted by Gasteiger charge is 2.38. The first-order chi connectivity index (χ1) is 16.4. The summed E-state index contributed by atoms with van der Waals surface area (Å²) in [4.78, 5) is 20.5. The first kappa shape index (κ1) is 23.0. The molecule has 2 amide bonds. The van der Waals surface area contributed by atoms with E-state index in [0.717, 1.165) is 22.1 Å². The summed E-state index contributed by atoms with van der Waals surface area (Å²) in [6.07, 6.45) is -3.42. The molecule has 0 saturated heterocycles. The number of para-hydroxylation sites is 1. The Bertz CT molecular complexity index is 1170. The van der Waals surface area contributed by atoms with E-state index in [2.05, 4.69) is 4.98 Å². The molecule has 0 fully saturated rings. The SMILES string of the molecule is O=C(N(Cc1ccccc1)Cc1ccccc1)N(c1ccccc1)c1ncccc1C(F)(F)F. The lowest BCUT2D eigenvalue weighted by atomic mass is 10.1. The maximum atomic E-state index is 14.0. The number of rotatable bonds is 6. The Morgan fingerprint density at radius 3 is 1.71 bits per heavy atom. The van der Waals surface area contributed by atoms with Gasteiger partial charge in [-0.3, -0.25) is 0 Å². The van der Waals surface area contributed by atoms with Crippen LogP contribution in [0.3, 0.4) is 0 Å². The minimum absolute atomic E-state index is 0.214. The first-order valence-corrected chi connectivity index (χ1v) is 10.7. The number of benzene rings is 3. The Hall–Kier alpha value is -4.13. The largest absolute Gasteiger partial charge is 0.419 e. The zero-order valence-electron chi connectivity index (χ0n) is 18.2. The van der Waals surface area contributed by atoms with E-state index in [1.54, 1.807) is 30.3 Å². The smallest absolute Gasteiger partial charge is 0.315 e. The number of halogens is 3. The topological polar surface area (TPSA) is 36.4 Å². The number of nitrogens with zero attached hydrogens (tertiary/aromatic N) is 3. The van der Waals surface area contributed by atoms with Crippen LogP contribution in [0.15, 0.2) is 109 Å². The third kappa shape index (κ3) is 5.43. The van der Waals surface area contributed by atoms with Gasteiger partial charge in [0.15, 0.2) is 5.82 Å². The van der Waals surface area contributed by atoms with Gasteiger partial charge >= 0.3 is 12.2 Å². The zero-order chi connectivity index (χ0) is 24.0. The van der Waals surface area contributed by atoms with Crippen LogP contribution >= 0.6 is 0 Å². The molecule has 4 aromatic rings. The molecule has 3 aromatic carbocycles. The second-order valence-corrected chi connectivity index (χ2v) is 7.65. The molecule has 0 aliphatic rings. The fourth-order valence-electron chi connectivity index (χ4n) is 3.64. The van der Waals surface area contributed by atoms with Gasteiger partial charge in [0, 0.05) is 19.3 Å². The van der Waals surface area contributed by atoms with Gasteiger partial charge in [0.1, 0.15) is 0 Å². The van der Waals surface area contributed by atoms with Crippen molar-refractivity contribution in [3.05, 3.63) is 126 Å². The summed E-state index contributed by atoms with van der Waals surface area (Å²) in [5.41, 5.74) is 1.03. The molecule has 0 aliphatic carbocycles. The van der Waals surface area contributed by atoms with Crippen molar-refractivity contribution in [2.45, 2.75) is 19.3 Å². The normalized spacial score (nSPS) is 11.1. The minimum atomic E-state index is -4.68. The molecule has 1 heterocycles.